The molecule has 242 valence electrons. The van der Waals surface area contributed by atoms with E-state index in [9.17, 15) is 24.0 Å². The molecule has 1 aromatic heterocycles. The van der Waals surface area contributed by atoms with Crippen molar-refractivity contribution in [2.24, 2.45) is 0 Å². The summed E-state index contributed by atoms with van der Waals surface area (Å²) in [4.78, 5) is 60.7. The highest BCUT2D eigenvalue weighted by Gasteiger charge is 2.35. The molecule has 0 spiro atoms. The molecule has 2 heterocycles. The Hall–Kier alpha value is -4.60. The van der Waals surface area contributed by atoms with E-state index in [-0.39, 0.29) is 40.2 Å². The molecule has 1 fully saturated rings. The van der Waals surface area contributed by atoms with Gasteiger partial charge in [0.1, 0.15) is 23.2 Å². The molecule has 16 heteroatoms. The van der Waals surface area contributed by atoms with Gasteiger partial charge in [-0.25, -0.2) is 14.3 Å². The van der Waals surface area contributed by atoms with Crippen molar-refractivity contribution in [2.45, 2.75) is 91.3 Å². The Labute approximate surface area is 256 Å². The maximum Gasteiger partial charge on any atom is 0.408 e. The molecule has 6 amide bonds. The number of amides is 6. The highest BCUT2D eigenvalue weighted by atomic mass is 16.6. The van der Waals surface area contributed by atoms with Gasteiger partial charge in [0, 0.05) is 13.1 Å². The van der Waals surface area contributed by atoms with E-state index < -0.39 is 53.1 Å². The van der Waals surface area contributed by atoms with Gasteiger partial charge in [-0.15, -0.1) is 5.10 Å². The molecule has 44 heavy (non-hydrogen) atoms. The minimum absolute atomic E-state index is 0. The Kier molecular flexibility index (Phi) is 12.7. The molecule has 1 aromatic carbocycles. The number of aryl methyl sites for hydroxylation is 1. The van der Waals surface area contributed by atoms with Crippen molar-refractivity contribution in [1.29, 1.82) is 0 Å². The summed E-state index contributed by atoms with van der Waals surface area (Å²) in [5, 5.41) is 24.5. The van der Waals surface area contributed by atoms with Crippen LogP contribution in [0.1, 0.15) is 72.3 Å². The van der Waals surface area contributed by atoms with Crippen molar-refractivity contribution in [3.63, 3.8) is 0 Å². The molecule has 16 nitrogen and oxygen atoms in total. The number of nitrogens with zero attached hydrogens (tertiary/aromatic N) is 4. The van der Waals surface area contributed by atoms with Gasteiger partial charge in [0.2, 0.25) is 11.8 Å². The van der Waals surface area contributed by atoms with Crippen molar-refractivity contribution in [1.82, 2.24) is 46.8 Å². The zero-order valence-electron chi connectivity index (χ0n) is 24.9. The third-order valence-corrected chi connectivity index (χ3v) is 6.07. The fourth-order valence-electron chi connectivity index (χ4n) is 3.94. The number of tetrazole rings is 1. The van der Waals surface area contributed by atoms with E-state index in [1.54, 1.807) is 34.6 Å². The van der Waals surface area contributed by atoms with Gasteiger partial charge in [0.05, 0.1) is 19.6 Å². The van der Waals surface area contributed by atoms with E-state index in [4.69, 9.17) is 9.47 Å². The average molecular weight is 618 g/mol. The molecule has 0 saturated carbocycles. The Morgan fingerprint density at radius 1 is 1.09 bits per heavy atom. The maximum atomic E-state index is 13.3. The number of alkyl carbamates (subject to hydrolysis) is 1. The zero-order valence-corrected chi connectivity index (χ0v) is 24.9. The lowest BCUT2D eigenvalue weighted by Gasteiger charge is -2.29. The summed E-state index contributed by atoms with van der Waals surface area (Å²) in [5.41, 5.74) is -1.16. The average Bonchev–Trinajstić information content (AvgIpc) is 3.50. The number of imide groups is 1. The lowest BCUT2D eigenvalue weighted by molar-refractivity contribution is -0.128. The van der Waals surface area contributed by atoms with E-state index in [2.05, 4.69) is 42.1 Å². The van der Waals surface area contributed by atoms with Crippen LogP contribution in [0.4, 0.5) is 9.59 Å². The molecular weight excluding hydrogens is 574 g/mol. The van der Waals surface area contributed by atoms with E-state index in [1.165, 1.54) is 4.68 Å². The van der Waals surface area contributed by atoms with E-state index >= 15 is 0 Å². The lowest BCUT2D eigenvalue weighted by Crippen LogP contribution is -2.56. The lowest BCUT2D eigenvalue weighted by atomic mass is 10.0. The molecule has 5 N–H and O–H groups in total. The second-order valence-corrected chi connectivity index (χ2v) is 11.5. The predicted molar refractivity (Wildman–Crippen MR) is 158 cm³/mol. The number of hydrogen-bond donors (Lipinski definition) is 5. The summed E-state index contributed by atoms with van der Waals surface area (Å²) in [5.74, 6) is -1.16. The Morgan fingerprint density at radius 3 is 2.43 bits per heavy atom. The third kappa shape index (κ3) is 11.2. The van der Waals surface area contributed by atoms with Crippen LogP contribution < -0.4 is 26.6 Å². The van der Waals surface area contributed by atoms with Gasteiger partial charge >= 0.3 is 12.1 Å². The Balaban J connectivity index is 0.00000675. The standard InChI is InChI=1S/C27H39N9O7.CH4/c1-26(2,3)43-25(41)32-27(4,5)23(39)29-19(16-42-15-17-10-7-6-8-11-17)21-33-34-35-36(21)13-9-12-28-20(37)14-18-22(38)31-24(40)30-18;/h6-8,10-11,18-19H,9,12-16H2,1-5H3,(H,28,37)(H,29,39)(H,32,41)(H2,30,31,38,40);1H4/t18?,19-;/m1./s1. The third-order valence-electron chi connectivity index (χ3n) is 6.07. The van der Waals surface area contributed by atoms with Crippen LogP contribution in [0.25, 0.3) is 0 Å². The minimum Gasteiger partial charge on any atom is -0.444 e. The van der Waals surface area contributed by atoms with Gasteiger partial charge in [-0.05, 0) is 57.0 Å². The first kappa shape index (κ1) is 35.6. The van der Waals surface area contributed by atoms with Crippen molar-refractivity contribution >= 4 is 29.8 Å². The SMILES string of the molecule is C.CC(C)(C)OC(=O)NC(C)(C)C(=O)N[C@H](COCc1ccccc1)c1nnnn1CCCNC(=O)CC1NC(=O)NC1=O. The van der Waals surface area contributed by atoms with Crippen LogP contribution in [-0.4, -0.2) is 80.4 Å². The molecule has 2 aromatic rings. The van der Waals surface area contributed by atoms with Crippen molar-refractivity contribution in [3.05, 3.63) is 41.7 Å². The second-order valence-electron chi connectivity index (χ2n) is 11.5. The van der Waals surface area contributed by atoms with Crippen molar-refractivity contribution < 1.29 is 33.4 Å². The topological polar surface area (TPSA) is 208 Å². The van der Waals surface area contributed by atoms with Gasteiger partial charge in [-0.1, -0.05) is 37.8 Å². The van der Waals surface area contributed by atoms with Gasteiger partial charge in [-0.3, -0.25) is 19.7 Å². The number of urea groups is 1. The highest BCUT2D eigenvalue weighted by molar-refractivity contribution is 6.05. The number of carbonyl (C=O) groups excluding carboxylic acids is 5. The molecule has 0 bridgehead atoms. The monoisotopic (exact) mass is 617 g/mol. The van der Waals surface area contributed by atoms with E-state index in [1.807, 2.05) is 30.3 Å². The van der Waals surface area contributed by atoms with Crippen molar-refractivity contribution in [3.8, 4) is 0 Å². The molecule has 1 aliphatic rings. The van der Waals surface area contributed by atoms with Crippen LogP contribution in [0.15, 0.2) is 30.3 Å². The summed E-state index contributed by atoms with van der Waals surface area (Å²) >= 11 is 0. The maximum absolute atomic E-state index is 13.3. The van der Waals surface area contributed by atoms with E-state index in [0.29, 0.717) is 12.2 Å². The zero-order chi connectivity index (χ0) is 31.6. The second kappa shape index (κ2) is 15.7. The Bertz CT molecular complexity index is 1290. The molecule has 1 saturated heterocycles. The van der Waals surface area contributed by atoms with Crippen LogP contribution in [-0.2, 0) is 37.0 Å². The first-order valence-electron chi connectivity index (χ1n) is 13.8. The van der Waals surface area contributed by atoms with Crippen molar-refractivity contribution in [2.75, 3.05) is 13.2 Å². The van der Waals surface area contributed by atoms with Gasteiger partial charge in [0.15, 0.2) is 5.82 Å². The number of rotatable bonds is 14. The molecular formula is C28H43N9O7. The van der Waals surface area contributed by atoms with Crippen LogP contribution in [0.2, 0.25) is 0 Å². The number of carbonyl (C=O) groups is 5. The summed E-state index contributed by atoms with van der Waals surface area (Å²) in [6.45, 7) is 9.08. The van der Waals surface area contributed by atoms with Crippen LogP contribution in [0.5, 0.6) is 0 Å². The quantitative estimate of drug-likeness (QED) is 0.151. The molecule has 1 aliphatic heterocycles. The Morgan fingerprint density at radius 2 is 1.80 bits per heavy atom. The first-order chi connectivity index (χ1) is 20.2. The summed E-state index contributed by atoms with van der Waals surface area (Å²) in [6, 6.07) is 7.16. The number of nitrogens with one attached hydrogen (secondary N) is 5. The number of aromatic nitrogens is 4. The normalized spacial score (nSPS) is 15.3. The summed E-state index contributed by atoms with van der Waals surface area (Å²) in [7, 11) is 0. The number of benzene rings is 1. The minimum atomic E-state index is -1.35. The highest BCUT2D eigenvalue weighted by Crippen LogP contribution is 2.15. The molecule has 2 atom stereocenters. The smallest absolute Gasteiger partial charge is 0.408 e. The van der Waals surface area contributed by atoms with Crippen LogP contribution in [0.3, 0.4) is 0 Å². The molecule has 0 radical (unpaired) electrons. The fourth-order valence-corrected chi connectivity index (χ4v) is 3.94. The summed E-state index contributed by atoms with van der Waals surface area (Å²) < 4.78 is 12.7. The number of hydrogen-bond acceptors (Lipinski definition) is 10. The summed E-state index contributed by atoms with van der Waals surface area (Å²) in [6.07, 6.45) is -0.509. The van der Waals surface area contributed by atoms with E-state index in [0.717, 1.165) is 5.56 Å². The predicted octanol–water partition coefficient (Wildman–Crippen LogP) is 1.09. The first-order valence-corrected chi connectivity index (χ1v) is 13.8. The fraction of sp³-hybridized carbons (Fsp3) is 0.571. The van der Waals surface area contributed by atoms with Gasteiger partial charge in [0.25, 0.3) is 5.91 Å². The van der Waals surface area contributed by atoms with Crippen LogP contribution >= 0.6 is 0 Å². The van der Waals surface area contributed by atoms with Gasteiger partial charge < -0.3 is 30.7 Å². The largest absolute Gasteiger partial charge is 0.444 e. The molecule has 0 aliphatic carbocycles. The molecule has 3 rings (SSSR count). The van der Waals surface area contributed by atoms with Crippen LogP contribution in [0, 0.1) is 0 Å². The molecule has 1 unspecified atom stereocenters. The number of ether oxygens (including phenoxy) is 2. The van der Waals surface area contributed by atoms with Gasteiger partial charge in [-0.2, -0.15) is 0 Å².